The fourth-order valence-electron chi connectivity index (χ4n) is 4.30. The lowest BCUT2D eigenvalue weighted by molar-refractivity contribution is 0.653. The summed E-state index contributed by atoms with van der Waals surface area (Å²) in [6, 6.07) is 13.7. The quantitative estimate of drug-likeness (QED) is 0.536. The molecular formula is C23H22N4O. The van der Waals surface area contributed by atoms with E-state index < -0.39 is 0 Å². The van der Waals surface area contributed by atoms with Crippen molar-refractivity contribution in [1.29, 1.82) is 0 Å². The van der Waals surface area contributed by atoms with Crippen LogP contribution in [0, 0.1) is 6.92 Å². The number of benzene rings is 1. The van der Waals surface area contributed by atoms with Gasteiger partial charge in [0.15, 0.2) is 0 Å². The minimum atomic E-state index is -0.0711. The maximum absolute atomic E-state index is 12.8. The van der Waals surface area contributed by atoms with Crippen LogP contribution in [0.25, 0.3) is 27.8 Å². The van der Waals surface area contributed by atoms with Gasteiger partial charge in [-0.1, -0.05) is 6.07 Å². The molecule has 0 amide bonds. The Hall–Kier alpha value is -3.21. The first-order valence-corrected chi connectivity index (χ1v) is 9.76. The van der Waals surface area contributed by atoms with Gasteiger partial charge in [-0.15, -0.1) is 0 Å². The Morgan fingerprint density at radius 2 is 1.82 bits per heavy atom. The zero-order valence-corrected chi connectivity index (χ0v) is 16.1. The fourth-order valence-corrected chi connectivity index (χ4v) is 4.30. The molecule has 0 N–H and O–H groups in total. The Morgan fingerprint density at radius 3 is 2.61 bits per heavy atom. The van der Waals surface area contributed by atoms with Crippen LogP contribution >= 0.6 is 0 Å². The van der Waals surface area contributed by atoms with E-state index in [4.69, 9.17) is 0 Å². The second-order valence-electron chi connectivity index (χ2n) is 7.58. The van der Waals surface area contributed by atoms with Crippen LogP contribution in [0.2, 0.25) is 0 Å². The average molecular weight is 370 g/mol. The highest BCUT2D eigenvalue weighted by molar-refractivity contribution is 5.87. The smallest absolute Gasteiger partial charge is 0.255 e. The summed E-state index contributed by atoms with van der Waals surface area (Å²) in [5.74, 6) is 0. The Morgan fingerprint density at radius 1 is 0.964 bits per heavy atom. The van der Waals surface area contributed by atoms with Crippen molar-refractivity contribution in [2.75, 3.05) is 0 Å². The predicted molar refractivity (Wildman–Crippen MR) is 111 cm³/mol. The molecule has 3 aromatic heterocycles. The van der Waals surface area contributed by atoms with Crippen LogP contribution in [0.15, 0.2) is 53.5 Å². The summed E-state index contributed by atoms with van der Waals surface area (Å²) < 4.78 is 3.99. The van der Waals surface area contributed by atoms with Crippen LogP contribution < -0.4 is 5.56 Å². The van der Waals surface area contributed by atoms with Crippen LogP contribution in [0.1, 0.15) is 29.8 Å². The van der Waals surface area contributed by atoms with E-state index in [-0.39, 0.29) is 5.56 Å². The maximum Gasteiger partial charge on any atom is 0.255 e. The fraction of sp³-hybridized carbons (Fsp3) is 0.261. The molecule has 1 aliphatic rings. The third-order valence-corrected chi connectivity index (χ3v) is 5.80. The van der Waals surface area contributed by atoms with Crippen LogP contribution in [-0.2, 0) is 19.9 Å². The second-order valence-corrected chi connectivity index (χ2v) is 7.58. The summed E-state index contributed by atoms with van der Waals surface area (Å²) in [6.45, 7) is 1.90. The molecule has 0 spiro atoms. The number of hydrogen-bond donors (Lipinski definition) is 0. The standard InChI is InChI=1S/C23H22N4O/c1-15-7-10-20(25-24-15)16-11-12-27(23(28)13-16)17-8-9-19-18-5-3-4-6-21(18)26(2)22(19)14-17/h7-14H,3-6H2,1-2H3. The van der Waals surface area contributed by atoms with E-state index in [1.165, 1.54) is 35.0 Å². The average Bonchev–Trinajstić information content (AvgIpc) is 3.01. The maximum atomic E-state index is 12.8. The summed E-state index contributed by atoms with van der Waals surface area (Å²) in [4.78, 5) is 12.8. The van der Waals surface area contributed by atoms with Gasteiger partial charge in [-0.05, 0) is 68.5 Å². The summed E-state index contributed by atoms with van der Waals surface area (Å²) in [5, 5.41) is 9.58. The zero-order valence-electron chi connectivity index (χ0n) is 16.1. The molecule has 5 heteroatoms. The van der Waals surface area contributed by atoms with Gasteiger partial charge < -0.3 is 4.57 Å². The van der Waals surface area contributed by atoms with E-state index in [1.54, 1.807) is 10.6 Å². The van der Waals surface area contributed by atoms with Crippen LogP contribution in [0.5, 0.6) is 0 Å². The number of pyridine rings is 1. The van der Waals surface area contributed by atoms with Crippen molar-refractivity contribution in [3.8, 4) is 16.9 Å². The topological polar surface area (TPSA) is 52.7 Å². The van der Waals surface area contributed by atoms with E-state index in [9.17, 15) is 4.79 Å². The summed E-state index contributed by atoms with van der Waals surface area (Å²) in [6.07, 6.45) is 6.63. The van der Waals surface area contributed by atoms with Crippen molar-refractivity contribution >= 4 is 10.9 Å². The molecule has 0 saturated carbocycles. The largest absolute Gasteiger partial charge is 0.347 e. The number of nitrogens with zero attached hydrogens (tertiary/aromatic N) is 4. The first-order chi connectivity index (χ1) is 13.6. The summed E-state index contributed by atoms with van der Waals surface area (Å²) in [7, 11) is 2.14. The molecule has 0 unspecified atom stereocenters. The predicted octanol–water partition coefficient (Wildman–Crippen LogP) is 3.97. The molecule has 0 fully saturated rings. The number of aryl methyl sites for hydroxylation is 3. The second kappa shape index (κ2) is 6.44. The molecule has 5 nitrogen and oxygen atoms in total. The third-order valence-electron chi connectivity index (χ3n) is 5.80. The Balaban J connectivity index is 1.59. The highest BCUT2D eigenvalue weighted by Crippen LogP contribution is 2.32. The van der Waals surface area contributed by atoms with Gasteiger partial charge in [0.2, 0.25) is 0 Å². The molecule has 0 bridgehead atoms. The van der Waals surface area contributed by atoms with Gasteiger partial charge in [-0.25, -0.2) is 0 Å². The molecule has 1 aromatic carbocycles. The SMILES string of the molecule is Cc1ccc(-c2ccn(-c3ccc4c5c(n(C)c4c3)CCCC5)c(=O)c2)nn1. The highest BCUT2D eigenvalue weighted by Gasteiger charge is 2.18. The van der Waals surface area contributed by atoms with E-state index in [1.807, 2.05) is 37.4 Å². The lowest BCUT2D eigenvalue weighted by Gasteiger charge is -2.12. The number of rotatable bonds is 2. The lowest BCUT2D eigenvalue weighted by Crippen LogP contribution is -2.16. The lowest BCUT2D eigenvalue weighted by atomic mass is 9.95. The van der Waals surface area contributed by atoms with Gasteiger partial charge in [-0.2, -0.15) is 10.2 Å². The Labute approximate surface area is 163 Å². The van der Waals surface area contributed by atoms with Crippen molar-refractivity contribution in [2.24, 2.45) is 7.05 Å². The van der Waals surface area contributed by atoms with Crippen molar-refractivity contribution < 1.29 is 0 Å². The number of hydrogen-bond acceptors (Lipinski definition) is 3. The molecule has 5 rings (SSSR count). The minimum absolute atomic E-state index is 0.0711. The van der Waals surface area contributed by atoms with Crippen molar-refractivity contribution in [2.45, 2.75) is 32.6 Å². The first kappa shape index (κ1) is 16.9. The number of fused-ring (bicyclic) bond motifs is 3. The van der Waals surface area contributed by atoms with Gasteiger partial charge >= 0.3 is 0 Å². The molecule has 0 saturated heterocycles. The molecule has 140 valence electrons. The van der Waals surface area contributed by atoms with Gasteiger partial charge in [0.25, 0.3) is 5.56 Å². The van der Waals surface area contributed by atoms with Gasteiger partial charge in [-0.3, -0.25) is 9.36 Å². The van der Waals surface area contributed by atoms with Crippen molar-refractivity contribution in [3.05, 3.63) is 76.0 Å². The highest BCUT2D eigenvalue weighted by atomic mass is 16.1. The van der Waals surface area contributed by atoms with E-state index in [0.717, 1.165) is 29.8 Å². The van der Waals surface area contributed by atoms with E-state index >= 15 is 0 Å². The molecule has 1 aliphatic carbocycles. The normalized spacial score (nSPS) is 13.6. The molecule has 0 atom stereocenters. The van der Waals surface area contributed by atoms with Crippen LogP contribution in [0.3, 0.4) is 0 Å². The van der Waals surface area contributed by atoms with Crippen molar-refractivity contribution in [3.63, 3.8) is 0 Å². The van der Waals surface area contributed by atoms with Crippen LogP contribution in [0.4, 0.5) is 0 Å². The Kier molecular flexibility index (Phi) is 3.90. The third kappa shape index (κ3) is 2.66. The van der Waals surface area contributed by atoms with E-state index in [2.05, 4.69) is 33.9 Å². The molecule has 0 aliphatic heterocycles. The van der Waals surface area contributed by atoms with Crippen molar-refractivity contribution in [1.82, 2.24) is 19.3 Å². The van der Waals surface area contributed by atoms with Gasteiger partial charge in [0.05, 0.1) is 22.6 Å². The Bertz CT molecular complexity index is 1250. The number of aromatic nitrogens is 4. The van der Waals surface area contributed by atoms with E-state index in [0.29, 0.717) is 5.69 Å². The summed E-state index contributed by atoms with van der Waals surface area (Å²) >= 11 is 0. The molecular weight excluding hydrogens is 348 g/mol. The molecule has 28 heavy (non-hydrogen) atoms. The minimum Gasteiger partial charge on any atom is -0.347 e. The first-order valence-electron chi connectivity index (χ1n) is 9.76. The zero-order chi connectivity index (χ0) is 19.3. The molecule has 0 radical (unpaired) electrons. The molecule has 4 aromatic rings. The van der Waals surface area contributed by atoms with Crippen LogP contribution in [-0.4, -0.2) is 19.3 Å². The summed E-state index contributed by atoms with van der Waals surface area (Å²) in [5.41, 5.74) is 7.29. The van der Waals surface area contributed by atoms with Gasteiger partial charge in [0, 0.05) is 36.0 Å². The monoisotopic (exact) mass is 370 g/mol. The van der Waals surface area contributed by atoms with Gasteiger partial charge in [0.1, 0.15) is 0 Å². The molecule has 3 heterocycles.